The third-order valence-electron chi connectivity index (χ3n) is 8.05. The molecule has 186 valence electrons. The van der Waals surface area contributed by atoms with Crippen LogP contribution in [-0.2, 0) is 15.6 Å². The Morgan fingerprint density at radius 2 is 1.56 bits per heavy atom. The number of ketones is 1. The van der Waals surface area contributed by atoms with Crippen LogP contribution in [-0.4, -0.2) is 34.3 Å². The summed E-state index contributed by atoms with van der Waals surface area (Å²) < 4.78 is 2.30. The summed E-state index contributed by atoms with van der Waals surface area (Å²) >= 11 is 0. The van der Waals surface area contributed by atoms with Crippen LogP contribution in [0.2, 0.25) is 0 Å². The van der Waals surface area contributed by atoms with E-state index in [1.54, 1.807) is 0 Å². The van der Waals surface area contributed by atoms with Crippen molar-refractivity contribution >= 4 is 22.9 Å². The lowest BCUT2D eigenvalue weighted by atomic mass is 9.77. The molecule has 0 radical (unpaired) electrons. The molecule has 0 saturated carbocycles. The number of aliphatic hydroxyl groups excluding tert-OH is 1. The molecule has 2 heterocycles. The largest absolute Gasteiger partial charge is 0.506 e. The van der Waals surface area contributed by atoms with Gasteiger partial charge in [-0.1, -0.05) is 64.1 Å². The van der Waals surface area contributed by atoms with Crippen LogP contribution in [0.3, 0.4) is 0 Å². The first-order valence-corrected chi connectivity index (χ1v) is 13.2. The number of hydrogen-bond donors (Lipinski definition) is 1. The van der Waals surface area contributed by atoms with E-state index >= 15 is 0 Å². The maximum atomic E-state index is 13.5. The lowest BCUT2D eigenvalue weighted by Crippen LogP contribution is -2.32. The standard InChI is InChI=1S/C32H36N2O2/c1-7-17-33-25-15-11-9-13-23(25)31(3,4)27(33)19-21-29(35)22(30(21)36)20-28-32(5,6)24-14-10-12-16-26(24)34(28)18-8-2/h9-16,19-20H,7-8,17-18H2,1-6H3/p+1. The van der Waals surface area contributed by atoms with Gasteiger partial charge in [-0.2, -0.15) is 4.58 Å². The van der Waals surface area contributed by atoms with Crippen molar-refractivity contribution in [3.63, 3.8) is 0 Å². The minimum Gasteiger partial charge on any atom is -0.506 e. The van der Waals surface area contributed by atoms with Gasteiger partial charge < -0.3 is 10.0 Å². The molecule has 2 aliphatic heterocycles. The Morgan fingerprint density at radius 3 is 2.22 bits per heavy atom. The number of fused-ring (bicyclic) bond motifs is 2. The zero-order valence-electron chi connectivity index (χ0n) is 22.4. The van der Waals surface area contributed by atoms with Crippen molar-refractivity contribution in [2.24, 2.45) is 0 Å². The molecular weight excluding hydrogens is 444 g/mol. The van der Waals surface area contributed by atoms with Gasteiger partial charge in [-0.05, 0) is 38.0 Å². The van der Waals surface area contributed by atoms with Crippen molar-refractivity contribution in [1.82, 2.24) is 0 Å². The van der Waals surface area contributed by atoms with Crippen molar-refractivity contribution in [2.45, 2.75) is 65.2 Å². The fourth-order valence-electron chi connectivity index (χ4n) is 6.12. The normalized spacial score (nSPS) is 21.9. The van der Waals surface area contributed by atoms with E-state index in [1.807, 2.05) is 12.2 Å². The third-order valence-corrected chi connectivity index (χ3v) is 8.05. The Labute approximate surface area is 215 Å². The molecule has 3 aliphatic rings. The van der Waals surface area contributed by atoms with Gasteiger partial charge in [0, 0.05) is 47.5 Å². The first-order valence-electron chi connectivity index (χ1n) is 13.2. The quantitative estimate of drug-likeness (QED) is 0.361. The summed E-state index contributed by atoms with van der Waals surface area (Å²) in [6.07, 6.45) is 5.83. The van der Waals surface area contributed by atoms with Crippen LogP contribution < -0.4 is 4.90 Å². The minimum atomic E-state index is -0.249. The molecule has 0 fully saturated rings. The van der Waals surface area contributed by atoms with Crippen molar-refractivity contribution < 1.29 is 14.5 Å². The predicted octanol–water partition coefficient (Wildman–Crippen LogP) is 6.89. The molecule has 1 aliphatic carbocycles. The minimum absolute atomic E-state index is 0.0843. The van der Waals surface area contributed by atoms with Crippen LogP contribution in [0, 0.1) is 0 Å². The second kappa shape index (κ2) is 8.62. The second-order valence-corrected chi connectivity index (χ2v) is 11.2. The number of hydrogen-bond acceptors (Lipinski definition) is 3. The van der Waals surface area contributed by atoms with Crippen molar-refractivity contribution in [3.05, 3.63) is 94.4 Å². The van der Waals surface area contributed by atoms with Crippen LogP contribution in [0.5, 0.6) is 0 Å². The molecule has 2 aromatic rings. The SMILES string of the molecule is CCCN1/C(=C/C2=C(O)C(=C/C3=[N+](CCC)c4ccccc4C3(C)C)/C2=O)C(C)(C)c2ccccc21. The van der Waals surface area contributed by atoms with E-state index in [1.165, 1.54) is 22.5 Å². The first kappa shape index (κ1) is 24.3. The average molecular weight is 482 g/mol. The molecule has 4 heteroatoms. The summed E-state index contributed by atoms with van der Waals surface area (Å²) in [4.78, 5) is 15.8. The fraction of sp³-hybridized carbons (Fsp3) is 0.375. The number of Topliss-reactive ketones (excluding diaryl/α,β-unsaturated/α-hetero) is 1. The van der Waals surface area contributed by atoms with Gasteiger partial charge in [0.15, 0.2) is 5.71 Å². The summed E-state index contributed by atoms with van der Waals surface area (Å²) in [5, 5.41) is 11.2. The highest BCUT2D eigenvalue weighted by molar-refractivity contribution is 6.24. The Kier molecular flexibility index (Phi) is 5.82. The van der Waals surface area contributed by atoms with E-state index in [9.17, 15) is 9.90 Å². The molecule has 1 N–H and O–H groups in total. The summed E-state index contributed by atoms with van der Waals surface area (Å²) in [6, 6.07) is 16.9. The molecule has 0 bridgehead atoms. The van der Waals surface area contributed by atoms with Crippen LogP contribution in [0.4, 0.5) is 11.4 Å². The van der Waals surface area contributed by atoms with Gasteiger partial charge in [-0.15, -0.1) is 0 Å². The Bertz CT molecular complexity index is 1380. The molecular formula is C32H37N2O2+. The number of benzene rings is 2. The summed E-state index contributed by atoms with van der Waals surface area (Å²) in [7, 11) is 0. The summed E-state index contributed by atoms with van der Waals surface area (Å²) in [5.74, 6) is 0.0188. The Hall–Kier alpha value is -3.40. The van der Waals surface area contributed by atoms with Crippen LogP contribution in [0.1, 0.15) is 65.5 Å². The Morgan fingerprint density at radius 1 is 0.889 bits per heavy atom. The third kappa shape index (κ3) is 3.42. The van der Waals surface area contributed by atoms with Crippen molar-refractivity contribution in [3.8, 4) is 0 Å². The van der Waals surface area contributed by atoms with Crippen LogP contribution in [0.25, 0.3) is 0 Å². The molecule has 5 rings (SSSR count). The van der Waals surface area contributed by atoms with Gasteiger partial charge in [0.25, 0.3) is 0 Å². The zero-order chi connectivity index (χ0) is 25.8. The number of anilines is 1. The molecule has 0 amide bonds. The van der Waals surface area contributed by atoms with Gasteiger partial charge >= 0.3 is 0 Å². The van der Waals surface area contributed by atoms with Gasteiger partial charge in [0.1, 0.15) is 12.3 Å². The lowest BCUT2D eigenvalue weighted by Gasteiger charge is -2.29. The van der Waals surface area contributed by atoms with E-state index in [2.05, 4.69) is 99.5 Å². The number of allylic oxidation sites excluding steroid dienone is 5. The second-order valence-electron chi connectivity index (χ2n) is 11.2. The zero-order valence-corrected chi connectivity index (χ0v) is 22.4. The van der Waals surface area contributed by atoms with Crippen molar-refractivity contribution in [2.75, 3.05) is 18.0 Å². The van der Waals surface area contributed by atoms with E-state index < -0.39 is 0 Å². The van der Waals surface area contributed by atoms with Gasteiger partial charge in [0.05, 0.1) is 16.6 Å². The highest BCUT2D eigenvalue weighted by Crippen LogP contribution is 2.49. The fourth-order valence-corrected chi connectivity index (χ4v) is 6.12. The number of aliphatic hydroxyl groups is 1. The summed E-state index contributed by atoms with van der Waals surface area (Å²) in [5.41, 5.74) is 7.34. The smallest absolute Gasteiger partial charge is 0.209 e. The predicted molar refractivity (Wildman–Crippen MR) is 147 cm³/mol. The average Bonchev–Trinajstić information content (AvgIpc) is 3.20. The van der Waals surface area contributed by atoms with Gasteiger partial charge in [-0.3, -0.25) is 4.79 Å². The number of rotatable bonds is 6. The molecule has 0 aromatic heterocycles. The summed E-state index contributed by atoms with van der Waals surface area (Å²) in [6.45, 7) is 14.9. The number of para-hydroxylation sites is 2. The highest BCUT2D eigenvalue weighted by Gasteiger charge is 2.47. The first-order chi connectivity index (χ1) is 17.1. The van der Waals surface area contributed by atoms with Crippen LogP contribution >= 0.6 is 0 Å². The number of nitrogens with zero attached hydrogens (tertiary/aromatic N) is 2. The van der Waals surface area contributed by atoms with E-state index in [-0.39, 0.29) is 22.4 Å². The van der Waals surface area contributed by atoms with Gasteiger partial charge in [0.2, 0.25) is 11.5 Å². The molecule has 4 nitrogen and oxygen atoms in total. The van der Waals surface area contributed by atoms with E-state index in [0.717, 1.165) is 37.3 Å². The maximum absolute atomic E-state index is 13.5. The Balaban J connectivity index is 1.58. The van der Waals surface area contributed by atoms with Crippen molar-refractivity contribution in [1.29, 1.82) is 0 Å². The highest BCUT2D eigenvalue weighted by atomic mass is 16.3. The van der Waals surface area contributed by atoms with E-state index in [4.69, 9.17) is 0 Å². The molecule has 0 saturated heterocycles. The molecule has 0 unspecified atom stereocenters. The monoisotopic (exact) mass is 481 g/mol. The molecule has 36 heavy (non-hydrogen) atoms. The van der Waals surface area contributed by atoms with E-state index in [0.29, 0.717) is 11.1 Å². The maximum Gasteiger partial charge on any atom is 0.209 e. The number of carbonyl (C=O) groups is 1. The molecule has 0 spiro atoms. The van der Waals surface area contributed by atoms with Crippen LogP contribution in [0.15, 0.2) is 83.3 Å². The molecule has 0 atom stereocenters. The van der Waals surface area contributed by atoms with Gasteiger partial charge in [-0.25, -0.2) is 0 Å². The molecule has 2 aromatic carbocycles. The lowest BCUT2D eigenvalue weighted by molar-refractivity contribution is -0.437. The topological polar surface area (TPSA) is 43.5 Å². The number of carbonyl (C=O) groups excluding carboxylic acids is 1.